The van der Waals surface area contributed by atoms with E-state index < -0.39 is 45.5 Å². The Morgan fingerprint density at radius 1 is 0.629 bits per heavy atom. The molecule has 0 fully saturated rings. The maximum absolute atomic E-state index is 13.6. The van der Waals surface area contributed by atoms with E-state index in [2.05, 4.69) is 0 Å². The molecule has 4 aromatic carbocycles. The van der Waals surface area contributed by atoms with E-state index in [1.165, 1.54) is 34.1 Å². The van der Waals surface area contributed by atoms with Crippen LogP contribution in [0.1, 0.15) is 68.5 Å². The Morgan fingerprint density at radius 3 is 1.50 bits per heavy atom. The van der Waals surface area contributed by atoms with Gasteiger partial charge in [0.1, 0.15) is 63.8 Å². The first-order valence-corrected chi connectivity index (χ1v) is 23.5. The van der Waals surface area contributed by atoms with Crippen molar-refractivity contribution in [2.24, 2.45) is 0 Å². The van der Waals surface area contributed by atoms with Crippen molar-refractivity contribution in [3.63, 3.8) is 0 Å². The average molecular weight is 1040 g/mol. The molecular formula is C51H53ClF6N2O8S2. The minimum absolute atomic E-state index is 0. The second kappa shape index (κ2) is 22.8. The van der Waals surface area contributed by atoms with E-state index in [-0.39, 0.29) is 43.4 Å². The fourth-order valence-electron chi connectivity index (χ4n) is 6.77. The van der Waals surface area contributed by atoms with Gasteiger partial charge >= 0.3 is 24.5 Å². The number of anilines is 2. The van der Waals surface area contributed by atoms with Gasteiger partial charge in [-0.05, 0) is 89.1 Å². The molecule has 6 aromatic rings. The molecule has 0 unspecified atom stereocenters. The summed E-state index contributed by atoms with van der Waals surface area (Å²) in [6.45, 7) is 12.3. The molecular weight excluding hydrogens is 982 g/mol. The lowest BCUT2D eigenvalue weighted by molar-refractivity contribution is -0.134. The number of halogens is 7. The van der Waals surface area contributed by atoms with Crippen LogP contribution in [0.3, 0.4) is 0 Å². The zero-order valence-corrected chi connectivity index (χ0v) is 40.7. The molecule has 0 aliphatic carbocycles. The molecule has 19 heteroatoms. The number of thiophene rings is 2. The highest BCUT2D eigenvalue weighted by atomic mass is 35.5. The van der Waals surface area contributed by atoms with E-state index in [4.69, 9.17) is 35.3 Å². The minimum Gasteiger partial charge on any atom is -0.508 e. The van der Waals surface area contributed by atoms with E-state index in [1.807, 2.05) is 20.8 Å². The van der Waals surface area contributed by atoms with Crippen LogP contribution in [0.15, 0.2) is 109 Å². The highest BCUT2D eigenvalue weighted by Gasteiger charge is 2.38. The van der Waals surface area contributed by atoms with Crippen LogP contribution >= 0.6 is 34.3 Å². The van der Waals surface area contributed by atoms with Gasteiger partial charge in [-0.25, -0.2) is 9.59 Å². The predicted molar refractivity (Wildman–Crippen MR) is 263 cm³/mol. The number of alkyl halides is 7. The molecule has 2 amide bonds. The van der Waals surface area contributed by atoms with Gasteiger partial charge in [0, 0.05) is 33.0 Å². The van der Waals surface area contributed by atoms with Gasteiger partial charge in [0.2, 0.25) is 0 Å². The largest absolute Gasteiger partial charge is 0.508 e. The second-order valence-corrected chi connectivity index (χ2v) is 19.8. The van der Waals surface area contributed by atoms with Crippen LogP contribution in [0.25, 0.3) is 22.3 Å². The van der Waals surface area contributed by atoms with Gasteiger partial charge in [0.25, 0.3) is 0 Å². The molecule has 2 aromatic heterocycles. The number of benzene rings is 4. The normalized spacial score (nSPS) is 13.3. The molecule has 0 spiro atoms. The third-order valence-corrected chi connectivity index (χ3v) is 12.4. The van der Waals surface area contributed by atoms with E-state index >= 15 is 0 Å². The molecule has 0 radical (unpaired) electrons. The fourth-order valence-corrected chi connectivity index (χ4v) is 8.87. The summed E-state index contributed by atoms with van der Waals surface area (Å²) >= 11 is 6.97. The maximum atomic E-state index is 13.6. The Labute approximate surface area is 415 Å². The number of carbonyl (C=O) groups is 2. The highest BCUT2D eigenvalue weighted by molar-refractivity contribution is 7.13. The van der Waals surface area contributed by atoms with Crippen LogP contribution in [-0.4, -0.2) is 54.8 Å². The Balaban J connectivity index is 0.000000214. The zero-order valence-electron chi connectivity index (χ0n) is 38.3. The van der Waals surface area contributed by atoms with E-state index in [0.29, 0.717) is 91.9 Å². The molecule has 4 heterocycles. The van der Waals surface area contributed by atoms with Crippen LogP contribution in [0.4, 0.5) is 47.3 Å². The van der Waals surface area contributed by atoms with Gasteiger partial charge in [-0.15, -0.1) is 34.3 Å². The lowest BCUT2D eigenvalue weighted by Gasteiger charge is -2.31. The van der Waals surface area contributed by atoms with Crippen molar-refractivity contribution >= 4 is 57.8 Å². The Morgan fingerprint density at radius 2 is 1.06 bits per heavy atom. The number of phenols is 1. The third-order valence-electron chi connectivity index (χ3n) is 9.59. The van der Waals surface area contributed by atoms with Crippen molar-refractivity contribution in [1.29, 1.82) is 0 Å². The monoisotopic (exact) mass is 1030 g/mol. The summed E-state index contributed by atoms with van der Waals surface area (Å²) in [5.74, 6) is 1.57. The molecule has 0 bridgehead atoms. The summed E-state index contributed by atoms with van der Waals surface area (Å²) in [5, 5.41) is 9.38. The number of rotatable bonds is 6. The molecule has 8 rings (SSSR count). The van der Waals surface area contributed by atoms with Crippen molar-refractivity contribution in [3.8, 4) is 45.3 Å². The molecule has 376 valence electrons. The standard InChI is InChI=1S/C25H24F3NO4S.C13H17NO4.C12H8ClF3S.CH4/c1-24(2,3)33-23(30)29-11-12-31-21-13-17(9-10-20(21)29)32-15-18-14-19(16-7-5-4-6-8-16)22(34-18)25(26,27)28;1-13(2,3)18-12(16)14-6-7-17-11-8-9(15)4-5-10(11)14;13-7-9-6-10(8-4-2-1-3-5-8)11(17-9)12(14,15)16;/h4-10,13-14H,11-12,15H2,1-3H3;4-5,8,15H,6-7H2,1-3H3;1-6H,7H2;1H4. The summed E-state index contributed by atoms with van der Waals surface area (Å²) in [5.41, 5.74) is 1.41. The molecule has 0 saturated carbocycles. The number of fused-ring (bicyclic) bond motifs is 2. The molecule has 0 atom stereocenters. The summed E-state index contributed by atoms with van der Waals surface area (Å²) < 4.78 is 107. The summed E-state index contributed by atoms with van der Waals surface area (Å²) in [6.07, 6.45) is -9.67. The highest BCUT2D eigenvalue weighted by Crippen LogP contribution is 2.45. The first-order valence-electron chi connectivity index (χ1n) is 21.3. The van der Waals surface area contributed by atoms with Gasteiger partial charge in [-0.2, -0.15) is 26.3 Å². The fraction of sp³-hybridized carbons (Fsp3) is 0.333. The maximum Gasteiger partial charge on any atom is 0.426 e. The van der Waals surface area contributed by atoms with Crippen molar-refractivity contribution < 1.29 is 64.7 Å². The molecule has 2 aliphatic heterocycles. The number of nitrogens with zero attached hydrogens (tertiary/aromatic N) is 2. The van der Waals surface area contributed by atoms with Crippen molar-refractivity contribution in [2.75, 3.05) is 36.1 Å². The summed E-state index contributed by atoms with van der Waals surface area (Å²) in [7, 11) is 0. The van der Waals surface area contributed by atoms with Gasteiger partial charge in [0.05, 0.1) is 30.3 Å². The van der Waals surface area contributed by atoms with Gasteiger partial charge in [0.15, 0.2) is 0 Å². The minimum atomic E-state index is -4.46. The number of ether oxygens (including phenoxy) is 5. The Bertz CT molecular complexity index is 2700. The SMILES string of the molecule is C.CC(C)(C)OC(=O)N1CCOc2cc(O)ccc21.CC(C)(C)OC(=O)N1CCOc2cc(OCc3cc(-c4ccccc4)c(C(F)(F)F)s3)ccc21.FC(F)(F)c1sc(CCl)cc1-c1ccccc1. The summed E-state index contributed by atoms with van der Waals surface area (Å²) in [6, 6.07) is 29.6. The topological polar surface area (TPSA) is 107 Å². The smallest absolute Gasteiger partial charge is 0.426 e. The first kappa shape index (κ1) is 54.8. The molecule has 1 N–H and O–H groups in total. The molecule has 70 heavy (non-hydrogen) atoms. The zero-order chi connectivity index (χ0) is 50.3. The van der Waals surface area contributed by atoms with Crippen LogP contribution in [-0.2, 0) is 34.3 Å². The quantitative estimate of drug-likeness (QED) is 0.130. The predicted octanol–water partition coefficient (Wildman–Crippen LogP) is 15.5. The Kier molecular flexibility index (Phi) is 17.8. The lowest BCUT2D eigenvalue weighted by Crippen LogP contribution is -2.41. The lowest BCUT2D eigenvalue weighted by atomic mass is 10.1. The van der Waals surface area contributed by atoms with Crippen LogP contribution < -0.4 is 24.0 Å². The third kappa shape index (κ3) is 14.7. The number of hydrogen-bond acceptors (Lipinski definition) is 10. The van der Waals surface area contributed by atoms with E-state index in [9.17, 15) is 41.0 Å². The van der Waals surface area contributed by atoms with Crippen LogP contribution in [0.5, 0.6) is 23.0 Å². The number of amides is 2. The van der Waals surface area contributed by atoms with Gasteiger partial charge in [-0.3, -0.25) is 9.80 Å². The van der Waals surface area contributed by atoms with Gasteiger partial charge in [-0.1, -0.05) is 68.1 Å². The van der Waals surface area contributed by atoms with Crippen LogP contribution in [0, 0.1) is 0 Å². The molecule has 0 saturated heterocycles. The second-order valence-electron chi connectivity index (χ2n) is 17.3. The molecule has 2 aliphatic rings. The van der Waals surface area contributed by atoms with E-state index in [0.717, 1.165) is 0 Å². The van der Waals surface area contributed by atoms with Crippen molar-refractivity contribution in [1.82, 2.24) is 0 Å². The van der Waals surface area contributed by atoms with E-state index in [1.54, 1.807) is 106 Å². The van der Waals surface area contributed by atoms with Crippen molar-refractivity contribution in [3.05, 3.63) is 129 Å². The number of carbonyl (C=O) groups excluding carboxylic acids is 2. The Hall–Kier alpha value is -6.11. The van der Waals surface area contributed by atoms with Crippen molar-refractivity contribution in [2.45, 2.75) is 85.0 Å². The number of aromatic hydroxyl groups is 1. The number of phenolic OH excluding ortho intramolecular Hbond substituents is 1. The summed E-state index contributed by atoms with van der Waals surface area (Å²) in [4.78, 5) is 27.3. The average Bonchev–Trinajstić information content (AvgIpc) is 3.94. The number of hydrogen-bond donors (Lipinski definition) is 1. The van der Waals surface area contributed by atoms with Gasteiger partial charge < -0.3 is 28.8 Å². The first-order chi connectivity index (χ1) is 32.4. The van der Waals surface area contributed by atoms with Crippen LogP contribution in [0.2, 0.25) is 0 Å². The molecule has 10 nitrogen and oxygen atoms in total.